The lowest BCUT2D eigenvalue weighted by Crippen LogP contribution is -2.41. The molecule has 1 aromatic heterocycles. The van der Waals surface area contributed by atoms with Crippen molar-refractivity contribution in [3.8, 4) is 11.5 Å². The van der Waals surface area contributed by atoms with Crippen LogP contribution in [0.15, 0.2) is 95.9 Å². The maximum absolute atomic E-state index is 13.0. The van der Waals surface area contributed by atoms with Crippen LogP contribution in [0, 0.1) is 0 Å². The molecular formula is C34H35N3O9. The number of carbonyl (C=O) groups is 2. The number of nitrogens with one attached hydrogen (secondary N) is 1. The third-order valence-corrected chi connectivity index (χ3v) is 7.66. The van der Waals surface area contributed by atoms with E-state index in [1.54, 1.807) is 14.2 Å². The molecule has 4 atom stereocenters. The molecule has 2 N–H and O–H groups in total. The van der Waals surface area contributed by atoms with Gasteiger partial charge in [-0.05, 0) is 47.0 Å². The molecule has 240 valence electrons. The van der Waals surface area contributed by atoms with Gasteiger partial charge in [0.2, 0.25) is 5.91 Å². The molecule has 1 fully saturated rings. The minimum absolute atomic E-state index is 0.0443. The van der Waals surface area contributed by atoms with Gasteiger partial charge < -0.3 is 34.1 Å². The molecule has 1 aliphatic heterocycles. The number of aromatic nitrogens is 2. The zero-order valence-electron chi connectivity index (χ0n) is 25.8. The van der Waals surface area contributed by atoms with E-state index in [-0.39, 0.29) is 12.4 Å². The van der Waals surface area contributed by atoms with Crippen LogP contribution >= 0.6 is 0 Å². The lowest BCUT2D eigenvalue weighted by Gasteiger charge is -2.37. The number of amides is 1. The van der Waals surface area contributed by atoms with Crippen molar-refractivity contribution >= 4 is 17.7 Å². The van der Waals surface area contributed by atoms with Crippen LogP contribution in [-0.2, 0) is 29.4 Å². The first kappa shape index (κ1) is 32.4. The second kappa shape index (κ2) is 13.9. The molecule has 4 aromatic rings. The third kappa shape index (κ3) is 6.64. The van der Waals surface area contributed by atoms with Gasteiger partial charge in [-0.15, -0.1) is 0 Å². The first-order valence-electron chi connectivity index (χ1n) is 14.5. The molecule has 3 aromatic carbocycles. The Morgan fingerprint density at radius 2 is 1.46 bits per heavy atom. The predicted molar refractivity (Wildman–Crippen MR) is 167 cm³/mol. The molecule has 0 bridgehead atoms. The highest BCUT2D eigenvalue weighted by atomic mass is 16.6. The van der Waals surface area contributed by atoms with Crippen LogP contribution in [-0.4, -0.2) is 65.7 Å². The summed E-state index contributed by atoms with van der Waals surface area (Å²) in [7, 11) is 3.17. The summed E-state index contributed by atoms with van der Waals surface area (Å²) in [5, 5.41) is 13.9. The zero-order chi connectivity index (χ0) is 32.8. The summed E-state index contributed by atoms with van der Waals surface area (Å²) in [5.41, 5.74) is 0.326. The fraction of sp³-hybridized carbons (Fsp3) is 0.294. The van der Waals surface area contributed by atoms with E-state index in [0.717, 1.165) is 21.3 Å². The summed E-state index contributed by atoms with van der Waals surface area (Å²) in [4.78, 5) is 40.4. The van der Waals surface area contributed by atoms with Crippen molar-refractivity contribution < 1.29 is 38.4 Å². The summed E-state index contributed by atoms with van der Waals surface area (Å²) in [6.07, 6.45) is -3.56. The number of methoxy groups -OCH3 is 2. The Morgan fingerprint density at radius 1 is 0.891 bits per heavy atom. The Balaban J connectivity index is 1.55. The van der Waals surface area contributed by atoms with Gasteiger partial charge in [0.05, 0.1) is 20.8 Å². The summed E-state index contributed by atoms with van der Waals surface area (Å²) in [5.74, 6) is 0.284. The Hall–Kier alpha value is -5.04. The van der Waals surface area contributed by atoms with Crippen molar-refractivity contribution in [1.29, 1.82) is 0 Å². The Morgan fingerprint density at radius 3 is 1.96 bits per heavy atom. The molecule has 0 saturated carbocycles. The predicted octanol–water partition coefficient (Wildman–Crippen LogP) is 3.42. The molecule has 2 heterocycles. The van der Waals surface area contributed by atoms with Crippen LogP contribution in [0.4, 0.5) is 5.82 Å². The maximum Gasteiger partial charge on any atom is 0.351 e. The second-order valence-electron chi connectivity index (χ2n) is 10.6. The average Bonchev–Trinajstić information content (AvgIpc) is 3.35. The van der Waals surface area contributed by atoms with Crippen molar-refractivity contribution in [2.45, 2.75) is 44.0 Å². The summed E-state index contributed by atoms with van der Waals surface area (Å²) in [6.45, 7) is 2.30. The Bertz CT molecular complexity index is 1660. The fourth-order valence-corrected chi connectivity index (χ4v) is 5.54. The molecule has 0 radical (unpaired) electrons. The number of benzene rings is 3. The van der Waals surface area contributed by atoms with Crippen LogP contribution < -0.4 is 20.5 Å². The SMILES string of the molecule is COc1ccc(C(OC[C@H]2O[C@@H](n3ccc(NC(C)=O)nc3=O)[C@H](OC(C)=O)C2O)(c2ccccc2)c2ccc(OC)cc2)cc1. The van der Waals surface area contributed by atoms with Gasteiger partial charge in [-0.25, -0.2) is 4.79 Å². The van der Waals surface area contributed by atoms with E-state index >= 15 is 0 Å². The highest BCUT2D eigenvalue weighted by Crippen LogP contribution is 2.43. The molecule has 1 saturated heterocycles. The van der Waals surface area contributed by atoms with Gasteiger partial charge in [0, 0.05) is 20.0 Å². The van der Waals surface area contributed by atoms with Crippen LogP contribution in [0.1, 0.15) is 36.8 Å². The summed E-state index contributed by atoms with van der Waals surface area (Å²) in [6, 6.07) is 25.9. The van der Waals surface area contributed by atoms with Crippen LogP contribution in [0.2, 0.25) is 0 Å². The van der Waals surface area contributed by atoms with E-state index in [2.05, 4.69) is 10.3 Å². The monoisotopic (exact) mass is 629 g/mol. The van der Waals surface area contributed by atoms with E-state index in [0.29, 0.717) is 11.5 Å². The minimum Gasteiger partial charge on any atom is -0.497 e. The molecule has 1 unspecified atom stereocenters. The van der Waals surface area contributed by atoms with Crippen molar-refractivity contribution in [3.63, 3.8) is 0 Å². The Labute approximate surface area is 265 Å². The topological polar surface area (TPSA) is 147 Å². The van der Waals surface area contributed by atoms with E-state index < -0.39 is 47.7 Å². The van der Waals surface area contributed by atoms with Crippen LogP contribution in [0.25, 0.3) is 0 Å². The van der Waals surface area contributed by atoms with Gasteiger partial charge in [0.1, 0.15) is 35.1 Å². The molecule has 1 aliphatic rings. The molecule has 46 heavy (non-hydrogen) atoms. The maximum atomic E-state index is 13.0. The van der Waals surface area contributed by atoms with E-state index in [1.807, 2.05) is 78.9 Å². The van der Waals surface area contributed by atoms with Gasteiger partial charge in [-0.3, -0.25) is 14.2 Å². The lowest BCUT2D eigenvalue weighted by atomic mass is 9.80. The van der Waals surface area contributed by atoms with E-state index in [4.69, 9.17) is 23.7 Å². The van der Waals surface area contributed by atoms with Crippen LogP contribution in [0.3, 0.4) is 0 Å². The van der Waals surface area contributed by atoms with Gasteiger partial charge in [0.25, 0.3) is 0 Å². The smallest absolute Gasteiger partial charge is 0.351 e. The normalized spacial score (nSPS) is 19.3. The molecule has 12 nitrogen and oxygen atoms in total. The lowest BCUT2D eigenvalue weighted by molar-refractivity contribution is -0.156. The first-order chi connectivity index (χ1) is 22.2. The average molecular weight is 630 g/mol. The third-order valence-electron chi connectivity index (χ3n) is 7.66. The van der Waals surface area contributed by atoms with Crippen LogP contribution in [0.5, 0.6) is 11.5 Å². The largest absolute Gasteiger partial charge is 0.497 e. The molecule has 5 rings (SSSR count). The van der Waals surface area contributed by atoms with Gasteiger partial charge in [-0.1, -0.05) is 54.6 Å². The molecule has 0 aliphatic carbocycles. The number of aliphatic hydroxyl groups excluding tert-OH is 1. The van der Waals surface area contributed by atoms with E-state index in [9.17, 15) is 19.5 Å². The van der Waals surface area contributed by atoms with Crippen molar-refractivity contribution in [2.75, 3.05) is 26.1 Å². The number of hydrogen-bond acceptors (Lipinski definition) is 10. The fourth-order valence-electron chi connectivity index (χ4n) is 5.54. The van der Waals surface area contributed by atoms with Gasteiger partial charge in [-0.2, -0.15) is 4.98 Å². The minimum atomic E-state index is -1.38. The number of ether oxygens (including phenoxy) is 5. The number of carbonyl (C=O) groups excluding carboxylic acids is 2. The van der Waals surface area contributed by atoms with E-state index in [1.165, 1.54) is 26.1 Å². The summed E-state index contributed by atoms with van der Waals surface area (Å²) >= 11 is 0. The molecule has 12 heteroatoms. The standard InChI is InChI=1S/C34H35N3O9/c1-21(38)35-29-18-19-37(33(41)36-29)32-31(45-22(2)39)30(40)28(46-32)20-44-34(23-8-6-5-7-9-23,24-10-14-26(42-3)15-11-24)25-12-16-27(43-4)17-13-25/h5-19,28,30-32,40H,20H2,1-4H3,(H,35,36,38,41)/t28-,30?,31-,32-/m1/s1. The highest BCUT2D eigenvalue weighted by molar-refractivity contribution is 5.87. The number of anilines is 1. The Kier molecular flexibility index (Phi) is 9.81. The molecular weight excluding hydrogens is 594 g/mol. The second-order valence-corrected chi connectivity index (χ2v) is 10.6. The number of nitrogens with zero attached hydrogens (tertiary/aromatic N) is 2. The zero-order valence-corrected chi connectivity index (χ0v) is 25.8. The number of hydrogen-bond donors (Lipinski definition) is 2. The number of rotatable bonds is 11. The van der Waals surface area contributed by atoms with Gasteiger partial charge in [0.15, 0.2) is 12.3 Å². The summed E-state index contributed by atoms with van der Waals surface area (Å²) < 4.78 is 30.4. The molecule has 1 amide bonds. The van der Waals surface area contributed by atoms with Crippen molar-refractivity contribution in [2.24, 2.45) is 0 Å². The number of aliphatic hydroxyl groups is 1. The first-order valence-corrected chi connectivity index (χ1v) is 14.5. The highest BCUT2D eigenvalue weighted by Gasteiger charge is 2.49. The van der Waals surface area contributed by atoms with Crippen molar-refractivity contribution in [3.05, 3.63) is 118 Å². The number of esters is 1. The van der Waals surface area contributed by atoms with Crippen molar-refractivity contribution in [1.82, 2.24) is 9.55 Å². The van der Waals surface area contributed by atoms with Gasteiger partial charge >= 0.3 is 11.7 Å². The quantitative estimate of drug-likeness (QED) is 0.187. The molecule has 0 spiro atoms.